The highest BCUT2D eigenvalue weighted by molar-refractivity contribution is 5.89. The zero-order valence-corrected chi connectivity index (χ0v) is 9.85. The molecule has 0 heterocycles. The molecule has 2 aliphatic carbocycles. The molecule has 90 valence electrons. The summed E-state index contributed by atoms with van der Waals surface area (Å²) in [5.41, 5.74) is 0. The third-order valence-electron chi connectivity index (χ3n) is 3.26. The van der Waals surface area contributed by atoms with Gasteiger partial charge < -0.3 is 10.0 Å². The van der Waals surface area contributed by atoms with Crippen molar-refractivity contribution in [3.63, 3.8) is 0 Å². The first-order valence-electron chi connectivity index (χ1n) is 6.04. The van der Waals surface area contributed by atoms with Gasteiger partial charge in [-0.15, -0.1) is 0 Å². The number of carboxylic acid groups (broad SMARTS) is 1. The fourth-order valence-corrected chi connectivity index (χ4v) is 2.15. The number of carbonyl (C=O) groups excluding carboxylic acids is 1. The molecule has 0 unspecified atom stereocenters. The molecule has 0 aromatic heterocycles. The van der Waals surface area contributed by atoms with Gasteiger partial charge in [0.2, 0.25) is 5.91 Å². The van der Waals surface area contributed by atoms with Crippen LogP contribution in [0, 0.1) is 17.8 Å². The van der Waals surface area contributed by atoms with E-state index in [1.54, 1.807) is 0 Å². The summed E-state index contributed by atoms with van der Waals surface area (Å²) in [5.74, 6) is -0.952. The molecule has 0 aromatic carbocycles. The Bertz CT molecular complexity index is 309. The van der Waals surface area contributed by atoms with Crippen LogP contribution in [-0.2, 0) is 9.59 Å². The number of hydrogen-bond donors (Lipinski definition) is 1. The molecule has 2 atom stereocenters. The van der Waals surface area contributed by atoms with E-state index in [4.69, 9.17) is 5.11 Å². The molecule has 0 spiro atoms. The number of hydrogen-bond acceptors (Lipinski definition) is 2. The number of carboxylic acids is 1. The Morgan fingerprint density at radius 2 is 1.94 bits per heavy atom. The third-order valence-corrected chi connectivity index (χ3v) is 3.26. The third kappa shape index (κ3) is 2.36. The van der Waals surface area contributed by atoms with E-state index in [0.29, 0.717) is 18.4 Å². The van der Waals surface area contributed by atoms with E-state index < -0.39 is 11.9 Å². The summed E-state index contributed by atoms with van der Waals surface area (Å²) in [4.78, 5) is 24.8. The molecule has 0 aliphatic heterocycles. The average molecular weight is 225 g/mol. The first-order valence-corrected chi connectivity index (χ1v) is 6.04. The van der Waals surface area contributed by atoms with Crippen LogP contribution >= 0.6 is 0 Å². The summed E-state index contributed by atoms with van der Waals surface area (Å²) in [6.07, 6.45) is 2.71. The van der Waals surface area contributed by atoms with Crippen molar-refractivity contribution in [1.29, 1.82) is 0 Å². The van der Waals surface area contributed by atoms with Crippen molar-refractivity contribution < 1.29 is 14.7 Å². The minimum atomic E-state index is -0.821. The minimum Gasteiger partial charge on any atom is -0.481 e. The van der Waals surface area contributed by atoms with Crippen LogP contribution < -0.4 is 0 Å². The van der Waals surface area contributed by atoms with Crippen molar-refractivity contribution in [2.24, 2.45) is 17.8 Å². The molecular formula is C12H19NO3. The van der Waals surface area contributed by atoms with Crippen LogP contribution in [-0.4, -0.2) is 34.5 Å². The van der Waals surface area contributed by atoms with Crippen molar-refractivity contribution in [3.8, 4) is 0 Å². The maximum Gasteiger partial charge on any atom is 0.307 e. The Morgan fingerprint density at radius 1 is 1.31 bits per heavy atom. The van der Waals surface area contributed by atoms with Crippen LogP contribution in [0.4, 0.5) is 0 Å². The first kappa shape index (κ1) is 11.4. The van der Waals surface area contributed by atoms with Gasteiger partial charge in [0.25, 0.3) is 0 Å². The monoisotopic (exact) mass is 225 g/mol. The van der Waals surface area contributed by atoms with Crippen LogP contribution in [0.2, 0.25) is 0 Å². The van der Waals surface area contributed by atoms with Crippen molar-refractivity contribution >= 4 is 11.9 Å². The molecule has 0 bridgehead atoms. The van der Waals surface area contributed by atoms with Crippen molar-refractivity contribution in [2.75, 3.05) is 6.54 Å². The first-order chi connectivity index (χ1) is 7.50. The van der Waals surface area contributed by atoms with E-state index in [9.17, 15) is 9.59 Å². The fraction of sp³-hybridized carbons (Fsp3) is 0.833. The summed E-state index contributed by atoms with van der Waals surface area (Å²) < 4.78 is 0. The molecule has 4 nitrogen and oxygen atoms in total. The second kappa shape index (κ2) is 4.07. The van der Waals surface area contributed by atoms with E-state index in [-0.39, 0.29) is 11.8 Å². The van der Waals surface area contributed by atoms with E-state index in [1.807, 2.05) is 4.90 Å². The van der Waals surface area contributed by atoms with E-state index in [2.05, 4.69) is 13.8 Å². The fourth-order valence-electron chi connectivity index (χ4n) is 2.15. The lowest BCUT2D eigenvalue weighted by molar-refractivity contribution is -0.142. The maximum atomic E-state index is 12.1. The molecule has 0 aromatic rings. The molecule has 2 aliphatic rings. The number of nitrogens with zero attached hydrogens (tertiary/aromatic N) is 1. The second-order valence-electron chi connectivity index (χ2n) is 5.40. The van der Waals surface area contributed by atoms with Crippen molar-refractivity contribution in [3.05, 3.63) is 0 Å². The van der Waals surface area contributed by atoms with Crippen LogP contribution in [0.25, 0.3) is 0 Å². The van der Waals surface area contributed by atoms with Crippen LogP contribution in [0.15, 0.2) is 0 Å². The predicted octanol–water partition coefficient (Wildman–Crippen LogP) is 1.35. The minimum absolute atomic E-state index is 0.0728. The molecule has 16 heavy (non-hydrogen) atoms. The zero-order valence-electron chi connectivity index (χ0n) is 9.85. The van der Waals surface area contributed by atoms with Gasteiger partial charge in [-0.25, -0.2) is 0 Å². The van der Waals surface area contributed by atoms with Crippen LogP contribution in [0.1, 0.15) is 33.1 Å². The van der Waals surface area contributed by atoms with E-state index >= 15 is 0 Å². The lowest BCUT2D eigenvalue weighted by Gasteiger charge is -2.24. The van der Waals surface area contributed by atoms with Gasteiger partial charge in [0.1, 0.15) is 0 Å². The molecule has 2 rings (SSSR count). The standard InChI is InChI=1S/C12H19NO3/c1-7(2)6-13(8-3-4-8)11(14)9-5-10(9)12(15)16/h7-10H,3-6H2,1-2H3,(H,15,16)/t9-,10+/m1/s1. The van der Waals surface area contributed by atoms with Gasteiger partial charge in [-0.2, -0.15) is 0 Å². The van der Waals surface area contributed by atoms with Crippen molar-refractivity contribution in [2.45, 2.75) is 39.2 Å². The highest BCUT2D eigenvalue weighted by atomic mass is 16.4. The van der Waals surface area contributed by atoms with Gasteiger partial charge in [0.15, 0.2) is 0 Å². The highest BCUT2D eigenvalue weighted by Gasteiger charge is 2.51. The van der Waals surface area contributed by atoms with Gasteiger partial charge in [0, 0.05) is 12.6 Å². The Labute approximate surface area is 95.6 Å². The smallest absolute Gasteiger partial charge is 0.307 e. The number of carbonyl (C=O) groups is 2. The lowest BCUT2D eigenvalue weighted by atomic mass is 10.2. The highest BCUT2D eigenvalue weighted by Crippen LogP contribution is 2.42. The Balaban J connectivity index is 1.93. The molecule has 1 N–H and O–H groups in total. The lowest BCUT2D eigenvalue weighted by Crippen LogP contribution is -2.37. The van der Waals surface area contributed by atoms with Gasteiger partial charge in [-0.05, 0) is 25.2 Å². The van der Waals surface area contributed by atoms with E-state index in [0.717, 1.165) is 19.4 Å². The molecular weight excluding hydrogens is 206 g/mol. The van der Waals surface area contributed by atoms with Gasteiger partial charge in [0.05, 0.1) is 11.8 Å². The quantitative estimate of drug-likeness (QED) is 0.768. The summed E-state index contributed by atoms with van der Waals surface area (Å²) >= 11 is 0. The topological polar surface area (TPSA) is 57.6 Å². The molecule has 2 fully saturated rings. The van der Waals surface area contributed by atoms with Gasteiger partial charge in [-0.1, -0.05) is 13.8 Å². The zero-order chi connectivity index (χ0) is 11.9. The molecule has 1 amide bonds. The molecule has 4 heteroatoms. The maximum absolute atomic E-state index is 12.1. The number of amides is 1. The second-order valence-corrected chi connectivity index (χ2v) is 5.40. The van der Waals surface area contributed by atoms with Crippen molar-refractivity contribution in [1.82, 2.24) is 4.90 Å². The Kier molecular flexibility index (Phi) is 2.91. The molecule has 0 saturated heterocycles. The summed E-state index contributed by atoms with van der Waals surface area (Å²) in [5, 5.41) is 8.82. The van der Waals surface area contributed by atoms with Crippen LogP contribution in [0.5, 0.6) is 0 Å². The van der Waals surface area contributed by atoms with Crippen LogP contribution in [0.3, 0.4) is 0 Å². The number of aliphatic carboxylic acids is 1. The Hall–Kier alpha value is -1.06. The normalized spacial score (nSPS) is 27.9. The SMILES string of the molecule is CC(C)CN(C(=O)[C@@H]1C[C@@H]1C(=O)O)C1CC1. The molecule has 0 radical (unpaired) electrons. The summed E-state index contributed by atoms with van der Waals surface area (Å²) in [6, 6.07) is 0.393. The molecule has 2 saturated carbocycles. The number of rotatable bonds is 5. The Morgan fingerprint density at radius 3 is 2.31 bits per heavy atom. The average Bonchev–Trinajstić information content (AvgIpc) is 3.00. The van der Waals surface area contributed by atoms with E-state index in [1.165, 1.54) is 0 Å². The summed E-state index contributed by atoms with van der Waals surface area (Å²) in [7, 11) is 0. The largest absolute Gasteiger partial charge is 0.481 e. The summed E-state index contributed by atoms with van der Waals surface area (Å²) in [6.45, 7) is 4.95. The van der Waals surface area contributed by atoms with Gasteiger partial charge >= 0.3 is 5.97 Å². The van der Waals surface area contributed by atoms with Gasteiger partial charge in [-0.3, -0.25) is 9.59 Å². The predicted molar refractivity (Wildman–Crippen MR) is 58.8 cm³/mol.